The third-order valence-electron chi connectivity index (χ3n) is 2.92. The van der Waals surface area contributed by atoms with Crippen molar-refractivity contribution in [2.45, 2.75) is 31.7 Å². The van der Waals surface area contributed by atoms with Crippen molar-refractivity contribution < 1.29 is 4.74 Å². The maximum absolute atomic E-state index is 5.63. The molecule has 1 fully saturated rings. The monoisotopic (exact) mass is 186 g/mol. The Morgan fingerprint density at radius 3 is 2.54 bits per heavy atom. The van der Waals surface area contributed by atoms with Gasteiger partial charge in [0.1, 0.15) is 0 Å². The predicted molar refractivity (Wildman–Crippen MR) is 54.7 cm³/mol. The molecule has 1 rings (SSSR count). The summed E-state index contributed by atoms with van der Waals surface area (Å²) in [6.45, 7) is 2.66. The number of nitrogens with two attached hydrogens (primary N) is 1. The highest BCUT2D eigenvalue weighted by Crippen LogP contribution is 2.22. The van der Waals surface area contributed by atoms with Gasteiger partial charge in [0, 0.05) is 19.7 Å². The largest absolute Gasteiger partial charge is 0.383 e. The van der Waals surface area contributed by atoms with E-state index in [0.29, 0.717) is 6.04 Å². The molecule has 0 spiro atoms. The number of nitrogens with one attached hydrogen (secondary N) is 1. The van der Waals surface area contributed by atoms with Crippen LogP contribution in [0, 0.1) is 5.92 Å². The van der Waals surface area contributed by atoms with E-state index in [-0.39, 0.29) is 0 Å². The molecule has 1 aliphatic rings. The minimum absolute atomic E-state index is 0.706. The smallest absolute Gasteiger partial charge is 0.0587 e. The highest BCUT2D eigenvalue weighted by atomic mass is 16.5. The number of hydrogen-bond acceptors (Lipinski definition) is 3. The van der Waals surface area contributed by atoms with Gasteiger partial charge in [-0.15, -0.1) is 0 Å². The molecule has 0 aromatic heterocycles. The molecule has 3 nitrogen and oxygen atoms in total. The van der Waals surface area contributed by atoms with Gasteiger partial charge in [-0.1, -0.05) is 0 Å². The van der Waals surface area contributed by atoms with Gasteiger partial charge < -0.3 is 15.8 Å². The molecule has 0 unspecified atom stereocenters. The Morgan fingerprint density at radius 1 is 1.31 bits per heavy atom. The van der Waals surface area contributed by atoms with Crippen LogP contribution in [0.5, 0.6) is 0 Å². The van der Waals surface area contributed by atoms with Gasteiger partial charge in [-0.05, 0) is 38.1 Å². The Bertz CT molecular complexity index is 119. The fourth-order valence-corrected chi connectivity index (χ4v) is 1.97. The first-order chi connectivity index (χ1) is 6.36. The Hall–Kier alpha value is -0.120. The molecule has 0 amide bonds. The van der Waals surface area contributed by atoms with Gasteiger partial charge in [-0.25, -0.2) is 0 Å². The third-order valence-corrected chi connectivity index (χ3v) is 2.92. The van der Waals surface area contributed by atoms with Crippen LogP contribution < -0.4 is 11.1 Å². The second-order valence-electron chi connectivity index (χ2n) is 3.90. The van der Waals surface area contributed by atoms with Crippen molar-refractivity contribution in [3.63, 3.8) is 0 Å². The van der Waals surface area contributed by atoms with Crippen LogP contribution in [0.1, 0.15) is 25.7 Å². The predicted octanol–water partition coefficient (Wildman–Crippen LogP) is 0.740. The van der Waals surface area contributed by atoms with Gasteiger partial charge in [0.05, 0.1) is 6.61 Å². The number of methoxy groups -OCH3 is 1. The van der Waals surface area contributed by atoms with Crippen LogP contribution in [0.3, 0.4) is 0 Å². The van der Waals surface area contributed by atoms with Gasteiger partial charge in [-0.2, -0.15) is 0 Å². The summed E-state index contributed by atoms with van der Waals surface area (Å²) >= 11 is 0. The maximum atomic E-state index is 5.63. The first-order valence-corrected chi connectivity index (χ1v) is 5.29. The zero-order chi connectivity index (χ0) is 9.52. The van der Waals surface area contributed by atoms with Crippen molar-refractivity contribution in [2.75, 3.05) is 26.8 Å². The normalized spacial score (nSPS) is 29.1. The second kappa shape index (κ2) is 6.35. The van der Waals surface area contributed by atoms with Gasteiger partial charge in [0.25, 0.3) is 0 Å². The third kappa shape index (κ3) is 4.07. The van der Waals surface area contributed by atoms with Crippen molar-refractivity contribution in [3.05, 3.63) is 0 Å². The van der Waals surface area contributed by atoms with Crippen molar-refractivity contribution in [2.24, 2.45) is 11.7 Å². The van der Waals surface area contributed by atoms with E-state index < -0.39 is 0 Å². The van der Waals surface area contributed by atoms with E-state index in [1.807, 2.05) is 0 Å². The molecular weight excluding hydrogens is 164 g/mol. The van der Waals surface area contributed by atoms with E-state index in [9.17, 15) is 0 Å². The van der Waals surface area contributed by atoms with Crippen LogP contribution in [-0.4, -0.2) is 32.8 Å². The fourth-order valence-electron chi connectivity index (χ4n) is 1.97. The Balaban J connectivity index is 2.03. The van der Waals surface area contributed by atoms with Crippen molar-refractivity contribution in [1.82, 2.24) is 5.32 Å². The zero-order valence-corrected chi connectivity index (χ0v) is 8.59. The lowest BCUT2D eigenvalue weighted by Crippen LogP contribution is -2.36. The summed E-state index contributed by atoms with van der Waals surface area (Å²) < 4.78 is 4.99. The molecular formula is C10H22N2O. The number of hydrogen-bond donors (Lipinski definition) is 2. The fraction of sp³-hybridized carbons (Fsp3) is 1.00. The lowest BCUT2D eigenvalue weighted by molar-refractivity contribution is 0.189. The Kier molecular flexibility index (Phi) is 5.35. The lowest BCUT2D eigenvalue weighted by Gasteiger charge is -2.28. The SMILES string of the molecule is COCCNC1CCC(CN)CC1. The maximum Gasteiger partial charge on any atom is 0.0587 e. The average molecular weight is 186 g/mol. The van der Waals surface area contributed by atoms with Crippen LogP contribution in [0.15, 0.2) is 0 Å². The van der Waals surface area contributed by atoms with Gasteiger partial charge in [0.2, 0.25) is 0 Å². The highest BCUT2D eigenvalue weighted by Gasteiger charge is 2.18. The van der Waals surface area contributed by atoms with E-state index in [1.165, 1.54) is 25.7 Å². The molecule has 0 bridgehead atoms. The molecule has 0 aromatic rings. The Morgan fingerprint density at radius 2 is 2.00 bits per heavy atom. The molecule has 3 N–H and O–H groups in total. The number of ether oxygens (including phenoxy) is 1. The minimum atomic E-state index is 0.706. The molecule has 1 aliphatic carbocycles. The van der Waals surface area contributed by atoms with E-state index in [2.05, 4.69) is 5.32 Å². The molecule has 13 heavy (non-hydrogen) atoms. The molecule has 0 saturated heterocycles. The lowest BCUT2D eigenvalue weighted by atomic mass is 9.86. The molecule has 0 atom stereocenters. The quantitative estimate of drug-likeness (QED) is 0.623. The summed E-state index contributed by atoms with van der Waals surface area (Å²) in [6.07, 6.45) is 5.15. The van der Waals surface area contributed by atoms with Gasteiger partial charge in [-0.3, -0.25) is 0 Å². The highest BCUT2D eigenvalue weighted by molar-refractivity contribution is 4.77. The van der Waals surface area contributed by atoms with E-state index in [4.69, 9.17) is 10.5 Å². The second-order valence-corrected chi connectivity index (χ2v) is 3.90. The molecule has 0 radical (unpaired) electrons. The molecule has 0 aliphatic heterocycles. The van der Waals surface area contributed by atoms with Crippen molar-refractivity contribution >= 4 is 0 Å². The standard InChI is InChI=1S/C10H22N2O/c1-13-7-6-12-10-4-2-9(8-11)3-5-10/h9-10,12H,2-8,11H2,1H3. The molecule has 78 valence electrons. The van der Waals surface area contributed by atoms with Gasteiger partial charge in [0.15, 0.2) is 0 Å². The van der Waals surface area contributed by atoms with Crippen molar-refractivity contribution in [3.8, 4) is 0 Å². The van der Waals surface area contributed by atoms with Crippen molar-refractivity contribution in [1.29, 1.82) is 0 Å². The topological polar surface area (TPSA) is 47.3 Å². The summed E-state index contributed by atoms with van der Waals surface area (Å²) in [7, 11) is 1.74. The van der Waals surface area contributed by atoms with E-state index >= 15 is 0 Å². The minimum Gasteiger partial charge on any atom is -0.383 e. The average Bonchev–Trinajstić information content (AvgIpc) is 2.19. The summed E-state index contributed by atoms with van der Waals surface area (Å²) in [6, 6.07) is 0.706. The van der Waals surface area contributed by atoms with Crippen LogP contribution in [-0.2, 0) is 4.74 Å². The van der Waals surface area contributed by atoms with Crippen LogP contribution in [0.2, 0.25) is 0 Å². The zero-order valence-electron chi connectivity index (χ0n) is 8.59. The van der Waals surface area contributed by atoms with Crippen LogP contribution >= 0.6 is 0 Å². The van der Waals surface area contributed by atoms with Crippen LogP contribution in [0.25, 0.3) is 0 Å². The van der Waals surface area contributed by atoms with Gasteiger partial charge >= 0.3 is 0 Å². The number of rotatable bonds is 5. The first kappa shape index (κ1) is 11.0. The summed E-state index contributed by atoms with van der Waals surface area (Å²) in [5.74, 6) is 0.778. The summed E-state index contributed by atoms with van der Waals surface area (Å²) in [5, 5.41) is 3.50. The summed E-state index contributed by atoms with van der Waals surface area (Å²) in [5.41, 5.74) is 5.63. The molecule has 1 saturated carbocycles. The Labute approximate surface area is 81.0 Å². The van der Waals surface area contributed by atoms with E-state index in [0.717, 1.165) is 25.6 Å². The van der Waals surface area contributed by atoms with Crippen LogP contribution in [0.4, 0.5) is 0 Å². The van der Waals surface area contributed by atoms with E-state index in [1.54, 1.807) is 7.11 Å². The first-order valence-electron chi connectivity index (χ1n) is 5.29. The molecule has 3 heteroatoms. The molecule has 0 aromatic carbocycles. The molecule has 0 heterocycles. The summed E-state index contributed by atoms with van der Waals surface area (Å²) in [4.78, 5) is 0.